The minimum absolute atomic E-state index is 0.309. The summed E-state index contributed by atoms with van der Waals surface area (Å²) in [5.41, 5.74) is 1.36. The van der Waals surface area contributed by atoms with Gasteiger partial charge in [0, 0.05) is 26.9 Å². The van der Waals surface area contributed by atoms with Crippen LogP contribution < -0.4 is 4.74 Å². The van der Waals surface area contributed by atoms with Gasteiger partial charge in [-0.25, -0.2) is 4.79 Å². The smallest absolute Gasteiger partial charge is 0.333 e. The fourth-order valence-electron chi connectivity index (χ4n) is 2.38. The van der Waals surface area contributed by atoms with E-state index in [2.05, 4.69) is 0 Å². The Morgan fingerprint density at radius 3 is 2.50 bits per heavy atom. The molecule has 0 saturated carbocycles. The van der Waals surface area contributed by atoms with E-state index in [1.165, 1.54) is 0 Å². The van der Waals surface area contributed by atoms with Crippen molar-refractivity contribution in [3.63, 3.8) is 0 Å². The minimum Gasteiger partial charge on any atom is -0.495 e. The lowest BCUT2D eigenvalue weighted by Gasteiger charge is -2.12. The normalized spacial score (nSPS) is 11.5. The molecule has 2 rings (SSSR count). The van der Waals surface area contributed by atoms with E-state index >= 15 is 0 Å². The quantitative estimate of drug-likeness (QED) is 0.583. The molecule has 0 saturated heterocycles. The number of rotatable bonds is 5. The number of carbonyl (C=O) groups is 1. The number of halogens is 1. The van der Waals surface area contributed by atoms with Gasteiger partial charge in [0.2, 0.25) is 0 Å². The summed E-state index contributed by atoms with van der Waals surface area (Å²) in [6.45, 7) is 4.06. The number of esters is 1. The van der Waals surface area contributed by atoms with Gasteiger partial charge in [-0.1, -0.05) is 42.8 Å². The molecule has 2 aromatic carbocycles. The molecule has 0 fully saturated rings. The number of hydrogen-bond acceptors (Lipinski definition) is 3. The summed E-state index contributed by atoms with van der Waals surface area (Å²) in [5.74, 6) is 0.395. The Hall–Kier alpha value is -2.00. The lowest BCUT2D eigenvalue weighted by atomic mass is 10.0. The highest BCUT2D eigenvalue weighted by atomic mass is 35.5. The first-order valence-corrected chi connectivity index (χ1v) is 7.63. The van der Waals surface area contributed by atoms with E-state index in [4.69, 9.17) is 21.1 Å². The SMILES string of the molecule is CCOC(=O)/C(=C/c1cc(Cl)c2ccccc2c1OC)CC. The van der Waals surface area contributed by atoms with Crippen LogP contribution in [0.2, 0.25) is 5.02 Å². The van der Waals surface area contributed by atoms with Gasteiger partial charge in [0.15, 0.2) is 0 Å². The molecule has 0 bridgehead atoms. The molecule has 0 atom stereocenters. The van der Waals surface area contributed by atoms with Crippen molar-refractivity contribution in [1.29, 1.82) is 0 Å². The number of benzene rings is 2. The van der Waals surface area contributed by atoms with Gasteiger partial charge in [-0.3, -0.25) is 0 Å². The second kappa shape index (κ2) is 7.32. The predicted molar refractivity (Wildman–Crippen MR) is 90.4 cm³/mol. The van der Waals surface area contributed by atoms with Crippen molar-refractivity contribution in [2.24, 2.45) is 0 Å². The molecule has 3 nitrogen and oxygen atoms in total. The molecular formula is C18H19ClO3. The molecule has 0 N–H and O–H groups in total. The fourth-order valence-corrected chi connectivity index (χ4v) is 2.66. The van der Waals surface area contributed by atoms with Crippen molar-refractivity contribution in [3.05, 3.63) is 46.5 Å². The summed E-state index contributed by atoms with van der Waals surface area (Å²) in [6, 6.07) is 9.57. The molecule has 0 spiro atoms. The summed E-state index contributed by atoms with van der Waals surface area (Å²) in [4.78, 5) is 12.0. The summed E-state index contributed by atoms with van der Waals surface area (Å²) in [5, 5.41) is 2.47. The highest BCUT2D eigenvalue weighted by molar-refractivity contribution is 6.36. The highest BCUT2D eigenvalue weighted by Gasteiger charge is 2.14. The number of hydrogen-bond donors (Lipinski definition) is 0. The lowest BCUT2D eigenvalue weighted by molar-refractivity contribution is -0.138. The molecule has 0 aliphatic carbocycles. The third-order valence-electron chi connectivity index (χ3n) is 3.43. The van der Waals surface area contributed by atoms with Crippen molar-refractivity contribution in [2.45, 2.75) is 20.3 Å². The Bertz CT molecular complexity index is 720. The van der Waals surface area contributed by atoms with Crippen LogP contribution >= 0.6 is 11.6 Å². The Morgan fingerprint density at radius 2 is 1.91 bits per heavy atom. The Labute approximate surface area is 135 Å². The molecule has 0 aromatic heterocycles. The van der Waals surface area contributed by atoms with Crippen LogP contribution in [0.5, 0.6) is 5.75 Å². The van der Waals surface area contributed by atoms with Crippen molar-refractivity contribution in [2.75, 3.05) is 13.7 Å². The van der Waals surface area contributed by atoms with Gasteiger partial charge in [-0.2, -0.15) is 0 Å². The molecule has 116 valence electrons. The van der Waals surface area contributed by atoms with Gasteiger partial charge >= 0.3 is 5.97 Å². The maximum atomic E-state index is 12.0. The number of methoxy groups -OCH3 is 1. The average Bonchev–Trinajstić information content (AvgIpc) is 2.53. The van der Waals surface area contributed by atoms with E-state index in [1.807, 2.05) is 37.3 Å². The maximum absolute atomic E-state index is 12.0. The Morgan fingerprint density at radius 1 is 1.23 bits per heavy atom. The van der Waals surface area contributed by atoms with Gasteiger partial charge in [0.25, 0.3) is 0 Å². The first kappa shape index (κ1) is 16.4. The van der Waals surface area contributed by atoms with Gasteiger partial charge in [-0.05, 0) is 25.5 Å². The second-order valence-corrected chi connectivity index (χ2v) is 5.18. The topological polar surface area (TPSA) is 35.5 Å². The molecule has 0 radical (unpaired) electrons. The number of carbonyl (C=O) groups excluding carboxylic acids is 1. The van der Waals surface area contributed by atoms with Gasteiger partial charge < -0.3 is 9.47 Å². The van der Waals surface area contributed by atoms with Crippen molar-refractivity contribution in [1.82, 2.24) is 0 Å². The predicted octanol–water partition coefficient (Wildman–Crippen LogP) is 4.86. The fraction of sp³-hybridized carbons (Fsp3) is 0.278. The third-order valence-corrected chi connectivity index (χ3v) is 3.74. The zero-order valence-corrected chi connectivity index (χ0v) is 13.7. The van der Waals surface area contributed by atoms with E-state index in [0.717, 1.165) is 16.3 Å². The van der Waals surface area contributed by atoms with E-state index in [1.54, 1.807) is 20.1 Å². The van der Waals surface area contributed by atoms with Crippen molar-refractivity contribution in [3.8, 4) is 5.75 Å². The van der Waals surface area contributed by atoms with E-state index < -0.39 is 0 Å². The molecule has 0 aliphatic rings. The summed E-state index contributed by atoms with van der Waals surface area (Å²) in [6.07, 6.45) is 2.36. The van der Waals surface area contributed by atoms with E-state index in [0.29, 0.717) is 29.4 Å². The number of fused-ring (bicyclic) bond motifs is 1. The first-order chi connectivity index (χ1) is 10.6. The molecule has 0 heterocycles. The molecule has 0 unspecified atom stereocenters. The average molecular weight is 319 g/mol. The zero-order valence-electron chi connectivity index (χ0n) is 13.0. The van der Waals surface area contributed by atoms with Crippen LogP contribution in [-0.2, 0) is 9.53 Å². The number of ether oxygens (including phenoxy) is 2. The van der Waals surface area contributed by atoms with Crippen molar-refractivity contribution < 1.29 is 14.3 Å². The largest absolute Gasteiger partial charge is 0.495 e. The monoisotopic (exact) mass is 318 g/mol. The van der Waals surface area contributed by atoms with Crippen molar-refractivity contribution >= 4 is 34.4 Å². The van der Waals surface area contributed by atoms with Gasteiger partial charge in [-0.15, -0.1) is 0 Å². The van der Waals surface area contributed by atoms with E-state index in [-0.39, 0.29) is 5.97 Å². The standard InChI is InChI=1S/C18H19ClO3/c1-4-12(18(20)22-5-2)10-13-11-16(19)14-8-6-7-9-15(14)17(13)21-3/h6-11H,4-5H2,1-3H3/b12-10+. The van der Waals surface area contributed by atoms with Crippen LogP contribution in [0.3, 0.4) is 0 Å². The van der Waals surface area contributed by atoms with Crippen LogP contribution in [0.4, 0.5) is 0 Å². The first-order valence-electron chi connectivity index (χ1n) is 7.25. The maximum Gasteiger partial charge on any atom is 0.333 e. The summed E-state index contributed by atoms with van der Waals surface area (Å²) >= 11 is 6.36. The van der Waals surface area contributed by atoms with Gasteiger partial charge in [0.1, 0.15) is 5.75 Å². The minimum atomic E-state index is -0.309. The molecular weight excluding hydrogens is 300 g/mol. The summed E-state index contributed by atoms with van der Waals surface area (Å²) < 4.78 is 10.6. The summed E-state index contributed by atoms with van der Waals surface area (Å²) in [7, 11) is 1.61. The van der Waals surface area contributed by atoms with Crippen LogP contribution in [0, 0.1) is 0 Å². The van der Waals surface area contributed by atoms with Crippen LogP contribution in [0.25, 0.3) is 16.8 Å². The Balaban J connectivity index is 2.62. The molecule has 0 aliphatic heterocycles. The van der Waals surface area contributed by atoms with Gasteiger partial charge in [0.05, 0.1) is 13.7 Å². The molecule has 0 amide bonds. The van der Waals surface area contributed by atoms with E-state index in [9.17, 15) is 4.79 Å². The Kier molecular flexibility index (Phi) is 5.45. The zero-order chi connectivity index (χ0) is 16.1. The molecule has 4 heteroatoms. The molecule has 22 heavy (non-hydrogen) atoms. The third kappa shape index (κ3) is 3.25. The van der Waals surface area contributed by atoms with Crippen LogP contribution in [0.15, 0.2) is 35.9 Å². The molecule has 2 aromatic rings. The second-order valence-electron chi connectivity index (χ2n) is 4.77. The lowest BCUT2D eigenvalue weighted by Crippen LogP contribution is -2.07. The van der Waals surface area contributed by atoms with Crippen LogP contribution in [-0.4, -0.2) is 19.7 Å². The highest BCUT2D eigenvalue weighted by Crippen LogP contribution is 2.36. The van der Waals surface area contributed by atoms with Crippen LogP contribution in [0.1, 0.15) is 25.8 Å².